The molecule has 0 N–H and O–H groups in total. The van der Waals surface area contributed by atoms with Crippen molar-refractivity contribution in [2.24, 2.45) is 11.8 Å². The standard InChI is InChI=1S/C37H54F2S2/c1-10-14-16-25(12-3)18-27-20-33(40-35(27)24(5)6)29-22-32(39)30(23-31(29)38)34-21-28(36(41-34)37(7,8)9)19-26(13-4)17-15-11-2/h20-26H,10-19H2,1-9H3. The van der Waals surface area contributed by atoms with Crippen LogP contribution in [0.4, 0.5) is 8.78 Å². The van der Waals surface area contributed by atoms with Gasteiger partial charge in [0.05, 0.1) is 0 Å². The first-order chi connectivity index (χ1) is 19.4. The van der Waals surface area contributed by atoms with Crippen LogP contribution in [0.25, 0.3) is 20.9 Å². The van der Waals surface area contributed by atoms with E-state index in [9.17, 15) is 0 Å². The Labute approximate surface area is 258 Å². The molecule has 2 heterocycles. The highest BCUT2D eigenvalue weighted by Crippen LogP contribution is 2.44. The second-order valence-corrected chi connectivity index (χ2v) is 15.6. The molecule has 0 aliphatic rings. The average Bonchev–Trinajstić information content (AvgIpc) is 3.54. The third-order valence-corrected chi connectivity index (χ3v) is 11.7. The van der Waals surface area contributed by atoms with E-state index in [1.165, 1.54) is 71.5 Å². The number of rotatable bonds is 15. The van der Waals surface area contributed by atoms with Crippen LogP contribution < -0.4 is 0 Å². The van der Waals surface area contributed by atoms with E-state index in [4.69, 9.17) is 0 Å². The lowest BCUT2D eigenvalue weighted by Gasteiger charge is -2.21. The van der Waals surface area contributed by atoms with Crippen molar-refractivity contribution in [2.45, 2.75) is 138 Å². The van der Waals surface area contributed by atoms with Crippen LogP contribution in [0, 0.1) is 23.5 Å². The number of hydrogen-bond donors (Lipinski definition) is 0. The minimum Gasteiger partial charge on any atom is -0.206 e. The van der Waals surface area contributed by atoms with E-state index in [1.807, 2.05) is 0 Å². The van der Waals surface area contributed by atoms with E-state index in [0.717, 1.165) is 35.4 Å². The fraction of sp³-hybridized carbons (Fsp3) is 0.622. The topological polar surface area (TPSA) is 0 Å². The van der Waals surface area contributed by atoms with Crippen LogP contribution in [0.15, 0.2) is 24.3 Å². The third-order valence-electron chi connectivity index (χ3n) is 8.55. The van der Waals surface area contributed by atoms with Crippen molar-refractivity contribution in [3.63, 3.8) is 0 Å². The summed E-state index contributed by atoms with van der Waals surface area (Å²) in [6, 6.07) is 7.20. The van der Waals surface area contributed by atoms with Crippen LogP contribution in [0.1, 0.15) is 140 Å². The Morgan fingerprint density at radius 1 is 0.683 bits per heavy atom. The van der Waals surface area contributed by atoms with Gasteiger partial charge in [0, 0.05) is 30.6 Å². The molecule has 0 radical (unpaired) electrons. The lowest BCUT2D eigenvalue weighted by atomic mass is 9.86. The Hall–Kier alpha value is -1.52. The molecule has 2 aromatic heterocycles. The number of unbranched alkanes of at least 4 members (excludes halogenated alkanes) is 2. The minimum absolute atomic E-state index is 0.0373. The minimum atomic E-state index is -0.330. The summed E-state index contributed by atoms with van der Waals surface area (Å²) in [6.45, 7) is 20.1. The molecule has 0 nitrogen and oxygen atoms in total. The number of thiophene rings is 2. The highest BCUT2D eigenvalue weighted by Gasteiger charge is 2.26. The summed E-state index contributed by atoms with van der Waals surface area (Å²) in [5.41, 5.74) is 3.37. The molecular formula is C37H54F2S2. The molecule has 1 aromatic carbocycles. The molecule has 3 aromatic rings. The van der Waals surface area contributed by atoms with Crippen molar-refractivity contribution < 1.29 is 8.78 Å². The maximum Gasteiger partial charge on any atom is 0.132 e. The summed E-state index contributed by atoms with van der Waals surface area (Å²) < 4.78 is 31.7. The molecule has 0 bridgehead atoms. The van der Waals surface area contributed by atoms with E-state index in [1.54, 1.807) is 22.7 Å². The van der Waals surface area contributed by atoms with Gasteiger partial charge in [-0.2, -0.15) is 0 Å². The van der Waals surface area contributed by atoms with Crippen molar-refractivity contribution in [3.8, 4) is 20.9 Å². The van der Waals surface area contributed by atoms with Gasteiger partial charge in [-0.15, -0.1) is 22.7 Å². The quantitative estimate of drug-likeness (QED) is 0.163. The molecule has 2 unspecified atom stereocenters. The molecule has 228 valence electrons. The molecule has 0 saturated carbocycles. The van der Waals surface area contributed by atoms with Crippen molar-refractivity contribution >= 4 is 22.7 Å². The molecule has 0 aliphatic heterocycles. The van der Waals surface area contributed by atoms with Gasteiger partial charge >= 0.3 is 0 Å². The summed E-state index contributed by atoms with van der Waals surface area (Å²) in [6.07, 6.45) is 11.7. The summed E-state index contributed by atoms with van der Waals surface area (Å²) in [4.78, 5) is 4.30. The summed E-state index contributed by atoms with van der Waals surface area (Å²) in [7, 11) is 0. The van der Waals surface area contributed by atoms with Crippen LogP contribution in [-0.4, -0.2) is 0 Å². The molecule has 2 atom stereocenters. The van der Waals surface area contributed by atoms with Gasteiger partial charge in [-0.1, -0.05) is 114 Å². The molecule has 0 fully saturated rings. The SMILES string of the molecule is CCCCC(CC)Cc1cc(-c2cc(F)c(-c3cc(CC(CC)CCCC)c(C(C)(C)C)s3)cc2F)sc1C(C)C. The fourth-order valence-electron chi connectivity index (χ4n) is 6.00. The van der Waals surface area contributed by atoms with Gasteiger partial charge in [-0.05, 0) is 71.4 Å². The number of hydrogen-bond acceptors (Lipinski definition) is 2. The first-order valence-corrected chi connectivity index (χ1v) is 17.8. The second kappa shape index (κ2) is 15.3. The van der Waals surface area contributed by atoms with E-state index >= 15 is 8.78 Å². The van der Waals surface area contributed by atoms with E-state index in [-0.39, 0.29) is 17.0 Å². The number of halogens is 2. The second-order valence-electron chi connectivity index (χ2n) is 13.4. The largest absolute Gasteiger partial charge is 0.206 e. The summed E-state index contributed by atoms with van der Waals surface area (Å²) in [5.74, 6) is 0.967. The first-order valence-electron chi connectivity index (χ1n) is 16.2. The van der Waals surface area contributed by atoms with Crippen molar-refractivity contribution in [1.82, 2.24) is 0 Å². The Morgan fingerprint density at radius 3 is 1.59 bits per heavy atom. The van der Waals surface area contributed by atoms with Crippen molar-refractivity contribution in [2.75, 3.05) is 0 Å². The average molecular weight is 601 g/mol. The van der Waals surface area contributed by atoms with Gasteiger partial charge in [0.15, 0.2) is 0 Å². The van der Waals surface area contributed by atoms with Crippen LogP contribution >= 0.6 is 22.7 Å². The predicted molar refractivity (Wildman–Crippen MR) is 180 cm³/mol. The molecule has 3 rings (SSSR count). The molecule has 0 saturated heterocycles. The van der Waals surface area contributed by atoms with Gasteiger partial charge in [-0.25, -0.2) is 8.78 Å². The van der Waals surface area contributed by atoms with E-state index in [0.29, 0.717) is 28.9 Å². The maximum atomic E-state index is 15.8. The van der Waals surface area contributed by atoms with Crippen molar-refractivity contribution in [1.29, 1.82) is 0 Å². The van der Waals surface area contributed by atoms with E-state index in [2.05, 4.69) is 74.4 Å². The zero-order valence-corrected chi connectivity index (χ0v) is 28.8. The molecule has 0 spiro atoms. The molecule has 41 heavy (non-hydrogen) atoms. The van der Waals surface area contributed by atoms with Gasteiger partial charge in [0.1, 0.15) is 11.6 Å². The Bertz CT molecular complexity index is 1240. The van der Waals surface area contributed by atoms with Gasteiger partial charge in [0.2, 0.25) is 0 Å². The lowest BCUT2D eigenvalue weighted by molar-refractivity contribution is 0.445. The summed E-state index contributed by atoms with van der Waals surface area (Å²) in [5, 5.41) is 0. The maximum absolute atomic E-state index is 15.8. The van der Waals surface area contributed by atoms with Gasteiger partial charge in [0.25, 0.3) is 0 Å². The van der Waals surface area contributed by atoms with Crippen LogP contribution in [0.5, 0.6) is 0 Å². The monoisotopic (exact) mass is 600 g/mol. The molecule has 0 aliphatic carbocycles. The molecule has 0 amide bonds. The smallest absolute Gasteiger partial charge is 0.132 e. The zero-order valence-electron chi connectivity index (χ0n) is 27.2. The van der Waals surface area contributed by atoms with Crippen LogP contribution in [0.2, 0.25) is 0 Å². The van der Waals surface area contributed by atoms with Gasteiger partial charge < -0.3 is 0 Å². The Balaban J connectivity index is 1.99. The van der Waals surface area contributed by atoms with Crippen molar-refractivity contribution in [3.05, 3.63) is 56.8 Å². The van der Waals surface area contributed by atoms with E-state index < -0.39 is 0 Å². The lowest BCUT2D eigenvalue weighted by Crippen LogP contribution is -2.13. The highest BCUT2D eigenvalue weighted by molar-refractivity contribution is 7.16. The Morgan fingerprint density at radius 2 is 1.15 bits per heavy atom. The highest BCUT2D eigenvalue weighted by atomic mass is 32.1. The zero-order chi connectivity index (χ0) is 30.3. The molecular weight excluding hydrogens is 547 g/mol. The Kier molecular flexibility index (Phi) is 12.7. The third kappa shape index (κ3) is 8.75. The van der Waals surface area contributed by atoms with Crippen LogP contribution in [0.3, 0.4) is 0 Å². The predicted octanol–water partition coefficient (Wildman–Crippen LogP) is 13.4. The first kappa shape index (κ1) is 34.0. The van der Waals surface area contributed by atoms with Crippen LogP contribution in [-0.2, 0) is 18.3 Å². The normalized spacial score (nSPS) is 13.8. The number of benzene rings is 1. The summed E-state index contributed by atoms with van der Waals surface area (Å²) >= 11 is 3.29. The fourth-order valence-corrected chi connectivity index (χ4v) is 8.49. The van der Waals surface area contributed by atoms with Gasteiger partial charge in [-0.3, -0.25) is 0 Å². The molecule has 4 heteroatoms.